The maximum atomic E-state index is 11.8. The smallest absolute Gasteiger partial charge is 0.330 e. The highest BCUT2D eigenvalue weighted by Gasteiger charge is 2.54. The molecule has 0 spiro atoms. The summed E-state index contributed by atoms with van der Waals surface area (Å²) >= 11 is 0. The molecule has 4 N–H and O–H groups in total. The number of rotatable bonds is 4. The van der Waals surface area contributed by atoms with Crippen LogP contribution in [0.1, 0.15) is 11.8 Å². The minimum absolute atomic E-state index is 0.204. The number of aldehydes is 1. The zero-order valence-electron chi connectivity index (χ0n) is 11.7. The van der Waals surface area contributed by atoms with Crippen molar-refractivity contribution in [2.24, 2.45) is 0 Å². The van der Waals surface area contributed by atoms with Gasteiger partial charge in [0.2, 0.25) is 0 Å². The highest BCUT2D eigenvalue weighted by Crippen LogP contribution is 2.37. The van der Waals surface area contributed by atoms with Gasteiger partial charge in [0.25, 0.3) is 5.56 Å². The molecular formula is C13H16N2O7. The first-order valence-corrected chi connectivity index (χ1v) is 6.47. The van der Waals surface area contributed by atoms with Gasteiger partial charge in [-0.3, -0.25) is 19.1 Å². The Labute approximate surface area is 124 Å². The summed E-state index contributed by atoms with van der Waals surface area (Å²) in [5.74, 6) is 0. The molecule has 0 bridgehead atoms. The van der Waals surface area contributed by atoms with Crippen molar-refractivity contribution in [1.82, 2.24) is 9.55 Å². The highest BCUT2D eigenvalue weighted by atomic mass is 16.6. The van der Waals surface area contributed by atoms with Gasteiger partial charge in [-0.25, -0.2) is 4.79 Å². The number of aliphatic hydroxyl groups excluding tert-OH is 2. The Morgan fingerprint density at radius 2 is 2.18 bits per heavy atom. The molecule has 0 aromatic carbocycles. The lowest BCUT2D eigenvalue weighted by Gasteiger charge is -2.26. The fourth-order valence-corrected chi connectivity index (χ4v) is 2.35. The molecule has 0 saturated carbocycles. The predicted molar refractivity (Wildman–Crippen MR) is 73.2 cm³/mol. The lowest BCUT2D eigenvalue weighted by atomic mass is 9.92. The summed E-state index contributed by atoms with van der Waals surface area (Å²) in [6.07, 6.45) is -0.692. The summed E-state index contributed by atoms with van der Waals surface area (Å²) in [6.45, 7) is 0.808. The summed E-state index contributed by atoms with van der Waals surface area (Å²) in [5, 5.41) is 30.0. The topological polar surface area (TPSA) is 142 Å². The molecule has 1 aromatic rings. The van der Waals surface area contributed by atoms with Crippen LogP contribution in [0, 0.1) is 6.92 Å². The Morgan fingerprint density at radius 1 is 1.50 bits per heavy atom. The van der Waals surface area contributed by atoms with Crippen LogP contribution >= 0.6 is 0 Å². The Balaban J connectivity index is 2.49. The third-order valence-electron chi connectivity index (χ3n) is 3.59. The Kier molecular flexibility index (Phi) is 4.42. The van der Waals surface area contributed by atoms with Crippen molar-refractivity contribution in [2.75, 3.05) is 6.61 Å². The standard InChI is InChI=1S/C13H16N2O7/c1-7-5-15(12(20)14-10(7)19)11-9(18)13(21,3-2-4-16)8(6-17)22-11/h2-5,8-9,11,17-18,21H,6H2,1H3,(H,14,19,20)/t8-,9?,11-,13?/m1/s1. The molecule has 1 fully saturated rings. The average Bonchev–Trinajstić information content (AvgIpc) is 2.73. The zero-order valence-corrected chi connectivity index (χ0v) is 11.7. The highest BCUT2D eigenvalue weighted by molar-refractivity contribution is 5.65. The number of aromatic nitrogens is 2. The predicted octanol–water partition coefficient (Wildman–Crippen LogP) is -2.42. The summed E-state index contributed by atoms with van der Waals surface area (Å²) in [6, 6.07) is 0. The van der Waals surface area contributed by atoms with Crippen LogP contribution in [-0.4, -0.2) is 55.6 Å². The Bertz CT molecular complexity index is 707. The first-order valence-electron chi connectivity index (χ1n) is 6.47. The first-order chi connectivity index (χ1) is 10.3. The number of carbonyl (C=O) groups is 1. The van der Waals surface area contributed by atoms with Crippen molar-refractivity contribution < 1.29 is 24.9 Å². The average molecular weight is 312 g/mol. The van der Waals surface area contributed by atoms with Crippen molar-refractivity contribution in [3.05, 3.63) is 44.8 Å². The maximum Gasteiger partial charge on any atom is 0.330 e. The van der Waals surface area contributed by atoms with Gasteiger partial charge in [-0.2, -0.15) is 0 Å². The summed E-state index contributed by atoms with van der Waals surface area (Å²) in [4.78, 5) is 35.7. The second-order valence-corrected chi connectivity index (χ2v) is 5.00. The van der Waals surface area contributed by atoms with Gasteiger partial charge in [0.05, 0.1) is 6.61 Å². The third-order valence-corrected chi connectivity index (χ3v) is 3.59. The summed E-state index contributed by atoms with van der Waals surface area (Å²) in [7, 11) is 0. The molecule has 0 aliphatic carbocycles. The number of nitrogens with zero attached hydrogens (tertiary/aromatic N) is 1. The van der Waals surface area contributed by atoms with Crippen LogP contribution in [-0.2, 0) is 9.53 Å². The number of aliphatic hydroxyl groups is 3. The van der Waals surface area contributed by atoms with E-state index in [1.807, 2.05) is 0 Å². The van der Waals surface area contributed by atoms with E-state index in [0.29, 0.717) is 6.29 Å². The molecule has 22 heavy (non-hydrogen) atoms. The van der Waals surface area contributed by atoms with Crippen LogP contribution in [0.4, 0.5) is 0 Å². The minimum Gasteiger partial charge on any atom is -0.394 e. The molecule has 2 heterocycles. The van der Waals surface area contributed by atoms with Gasteiger partial charge in [0.15, 0.2) is 6.23 Å². The summed E-state index contributed by atoms with van der Waals surface area (Å²) < 4.78 is 6.23. The lowest BCUT2D eigenvalue weighted by Crippen LogP contribution is -2.48. The maximum absolute atomic E-state index is 11.8. The van der Waals surface area contributed by atoms with E-state index < -0.39 is 41.9 Å². The van der Waals surface area contributed by atoms with E-state index >= 15 is 0 Å². The number of nitrogens with one attached hydrogen (secondary N) is 1. The molecule has 9 nitrogen and oxygen atoms in total. The van der Waals surface area contributed by atoms with Crippen LogP contribution in [0.15, 0.2) is 27.9 Å². The second kappa shape index (κ2) is 5.97. The molecule has 1 aromatic heterocycles. The summed E-state index contributed by atoms with van der Waals surface area (Å²) in [5.41, 5.74) is -3.26. The van der Waals surface area contributed by atoms with E-state index in [-0.39, 0.29) is 5.56 Å². The fraction of sp³-hybridized carbons (Fsp3) is 0.462. The van der Waals surface area contributed by atoms with E-state index in [0.717, 1.165) is 16.7 Å². The van der Waals surface area contributed by atoms with Crippen molar-refractivity contribution in [3.63, 3.8) is 0 Å². The number of carbonyl (C=O) groups excluding carboxylic acids is 1. The molecule has 2 rings (SSSR count). The van der Waals surface area contributed by atoms with Crippen LogP contribution < -0.4 is 11.2 Å². The second-order valence-electron chi connectivity index (χ2n) is 5.00. The fourth-order valence-electron chi connectivity index (χ4n) is 2.35. The molecule has 120 valence electrons. The molecule has 1 saturated heterocycles. The molecule has 0 radical (unpaired) electrons. The zero-order chi connectivity index (χ0) is 16.5. The Hall–Kier alpha value is -2.07. The van der Waals surface area contributed by atoms with E-state index in [1.165, 1.54) is 13.1 Å². The molecular weight excluding hydrogens is 296 g/mol. The number of aromatic amines is 1. The largest absolute Gasteiger partial charge is 0.394 e. The number of H-pyrrole nitrogens is 1. The first kappa shape index (κ1) is 16.3. The van der Waals surface area contributed by atoms with Crippen LogP contribution in [0.25, 0.3) is 0 Å². The van der Waals surface area contributed by atoms with Gasteiger partial charge < -0.3 is 20.1 Å². The number of allylic oxidation sites excluding steroid dienone is 1. The molecule has 1 aliphatic rings. The Morgan fingerprint density at radius 3 is 2.77 bits per heavy atom. The van der Waals surface area contributed by atoms with Gasteiger partial charge >= 0.3 is 5.69 Å². The minimum atomic E-state index is -2.05. The van der Waals surface area contributed by atoms with Gasteiger partial charge in [0, 0.05) is 11.8 Å². The van der Waals surface area contributed by atoms with E-state index in [9.17, 15) is 29.7 Å². The van der Waals surface area contributed by atoms with Crippen molar-refractivity contribution in [1.29, 1.82) is 0 Å². The van der Waals surface area contributed by atoms with Crippen molar-refractivity contribution >= 4 is 6.29 Å². The monoisotopic (exact) mass is 312 g/mol. The quantitative estimate of drug-likeness (QED) is 0.358. The molecule has 4 atom stereocenters. The number of aryl methyl sites for hydroxylation is 1. The molecule has 2 unspecified atom stereocenters. The van der Waals surface area contributed by atoms with Gasteiger partial charge in [-0.05, 0) is 19.1 Å². The normalized spacial score (nSPS) is 31.7. The number of ether oxygens (including phenoxy) is 1. The number of hydrogen-bond donors (Lipinski definition) is 4. The molecule has 9 heteroatoms. The van der Waals surface area contributed by atoms with Gasteiger partial charge in [-0.1, -0.05) is 0 Å². The number of hydrogen-bond acceptors (Lipinski definition) is 7. The third kappa shape index (κ3) is 2.55. The molecule has 1 aliphatic heterocycles. The van der Waals surface area contributed by atoms with E-state index in [1.54, 1.807) is 0 Å². The van der Waals surface area contributed by atoms with E-state index in [2.05, 4.69) is 4.98 Å². The van der Waals surface area contributed by atoms with Crippen LogP contribution in [0.3, 0.4) is 0 Å². The van der Waals surface area contributed by atoms with Crippen LogP contribution in [0.2, 0.25) is 0 Å². The van der Waals surface area contributed by atoms with E-state index in [4.69, 9.17) is 4.74 Å². The van der Waals surface area contributed by atoms with Crippen LogP contribution in [0.5, 0.6) is 0 Å². The van der Waals surface area contributed by atoms with Crippen molar-refractivity contribution in [2.45, 2.75) is 31.0 Å². The van der Waals surface area contributed by atoms with Gasteiger partial charge in [-0.15, -0.1) is 0 Å². The molecule has 0 amide bonds. The van der Waals surface area contributed by atoms with Crippen molar-refractivity contribution in [3.8, 4) is 0 Å². The SMILES string of the molecule is Cc1cn([C@@H]2O[C@H](CO)C(O)(C=CC=O)C2O)c(=O)[nH]c1=O. The lowest BCUT2D eigenvalue weighted by molar-refractivity contribution is -0.104. The van der Waals surface area contributed by atoms with Gasteiger partial charge in [0.1, 0.15) is 24.1 Å².